The summed E-state index contributed by atoms with van der Waals surface area (Å²) in [7, 11) is 0. The van der Waals surface area contributed by atoms with Crippen LogP contribution in [0.1, 0.15) is 20.7 Å². The van der Waals surface area contributed by atoms with Gasteiger partial charge in [-0.25, -0.2) is 0 Å². The second-order valence-corrected chi connectivity index (χ2v) is 4.93. The molecule has 0 heterocycles. The van der Waals surface area contributed by atoms with Gasteiger partial charge in [0.15, 0.2) is 11.6 Å². The first-order valence-electron chi connectivity index (χ1n) is 5.68. The molecule has 0 saturated heterocycles. The van der Waals surface area contributed by atoms with Crippen LogP contribution in [0, 0.1) is 0 Å². The van der Waals surface area contributed by atoms with Gasteiger partial charge >= 0.3 is 0 Å². The number of hydrogen-bond acceptors (Lipinski definition) is 2. The fourth-order valence-corrected chi connectivity index (χ4v) is 1.91. The molecular formula is C16H11BrO2. The van der Waals surface area contributed by atoms with Crippen molar-refractivity contribution >= 4 is 27.5 Å². The van der Waals surface area contributed by atoms with E-state index in [2.05, 4.69) is 22.5 Å². The van der Waals surface area contributed by atoms with Crippen molar-refractivity contribution < 1.29 is 9.59 Å². The molecule has 2 aromatic carbocycles. The SMILES string of the molecule is C=C(C(=O)c1ccccc1)C(=O)c1ccc(Br)cc1. The third kappa shape index (κ3) is 3.06. The van der Waals surface area contributed by atoms with Crippen LogP contribution >= 0.6 is 15.9 Å². The summed E-state index contributed by atoms with van der Waals surface area (Å²) in [6.45, 7) is 3.62. The molecule has 0 radical (unpaired) electrons. The molecule has 2 rings (SSSR count). The molecule has 0 aliphatic carbocycles. The van der Waals surface area contributed by atoms with E-state index in [0.717, 1.165) is 4.47 Å². The molecule has 0 fully saturated rings. The molecule has 0 bridgehead atoms. The topological polar surface area (TPSA) is 34.1 Å². The number of halogens is 1. The fourth-order valence-electron chi connectivity index (χ4n) is 1.64. The van der Waals surface area contributed by atoms with Crippen LogP contribution in [0.5, 0.6) is 0 Å². The van der Waals surface area contributed by atoms with E-state index >= 15 is 0 Å². The van der Waals surface area contributed by atoms with Crippen LogP contribution in [0.4, 0.5) is 0 Å². The summed E-state index contributed by atoms with van der Waals surface area (Å²) in [4.78, 5) is 24.2. The van der Waals surface area contributed by atoms with Gasteiger partial charge in [-0.1, -0.05) is 52.8 Å². The standard InChI is InChI=1S/C16H11BrO2/c1-11(15(18)12-5-3-2-4-6-12)16(19)13-7-9-14(17)10-8-13/h2-10H,1H2. The van der Waals surface area contributed by atoms with Crippen molar-refractivity contribution in [3.8, 4) is 0 Å². The Balaban J connectivity index is 2.23. The summed E-state index contributed by atoms with van der Waals surface area (Å²) < 4.78 is 0.879. The second kappa shape index (κ2) is 5.76. The molecule has 0 spiro atoms. The van der Waals surface area contributed by atoms with Crippen LogP contribution in [0.2, 0.25) is 0 Å². The number of allylic oxidation sites excluding steroid dienone is 1. The molecule has 0 atom stereocenters. The van der Waals surface area contributed by atoms with Crippen molar-refractivity contribution in [1.82, 2.24) is 0 Å². The largest absolute Gasteiger partial charge is 0.288 e. The van der Waals surface area contributed by atoms with E-state index in [0.29, 0.717) is 11.1 Å². The van der Waals surface area contributed by atoms with Crippen LogP contribution in [-0.2, 0) is 0 Å². The van der Waals surface area contributed by atoms with Gasteiger partial charge in [0.25, 0.3) is 0 Å². The highest BCUT2D eigenvalue weighted by atomic mass is 79.9. The molecule has 0 aliphatic heterocycles. The Morgan fingerprint density at radius 1 is 0.789 bits per heavy atom. The minimum atomic E-state index is -0.346. The number of rotatable bonds is 4. The highest BCUT2D eigenvalue weighted by molar-refractivity contribution is 9.10. The van der Waals surface area contributed by atoms with Gasteiger partial charge in [-0.2, -0.15) is 0 Å². The maximum Gasteiger partial charge on any atom is 0.196 e. The van der Waals surface area contributed by atoms with Gasteiger partial charge in [0.2, 0.25) is 0 Å². The van der Waals surface area contributed by atoms with Crippen LogP contribution in [0.15, 0.2) is 71.2 Å². The van der Waals surface area contributed by atoms with Crippen molar-refractivity contribution in [2.75, 3.05) is 0 Å². The molecule has 3 heteroatoms. The Morgan fingerprint density at radius 3 is 1.79 bits per heavy atom. The van der Waals surface area contributed by atoms with Crippen molar-refractivity contribution in [1.29, 1.82) is 0 Å². The van der Waals surface area contributed by atoms with E-state index < -0.39 is 0 Å². The average molecular weight is 315 g/mol. The van der Waals surface area contributed by atoms with Crippen molar-refractivity contribution in [2.45, 2.75) is 0 Å². The summed E-state index contributed by atoms with van der Waals surface area (Å²) in [6.07, 6.45) is 0. The van der Waals surface area contributed by atoms with Gasteiger partial charge in [0, 0.05) is 15.6 Å². The highest BCUT2D eigenvalue weighted by Crippen LogP contribution is 2.15. The Kier molecular flexibility index (Phi) is 4.07. The predicted molar refractivity (Wildman–Crippen MR) is 78.4 cm³/mol. The average Bonchev–Trinajstić information content (AvgIpc) is 2.46. The van der Waals surface area contributed by atoms with Gasteiger partial charge in [0.05, 0.1) is 5.57 Å². The first-order chi connectivity index (χ1) is 9.09. The quantitative estimate of drug-likeness (QED) is 0.369. The number of Topliss-reactive ketones (excluding diaryl/α,β-unsaturated/α-hetero) is 2. The Hall–Kier alpha value is -2.00. The van der Waals surface area contributed by atoms with E-state index in [1.54, 1.807) is 48.5 Å². The molecule has 0 saturated carbocycles. The lowest BCUT2D eigenvalue weighted by Gasteiger charge is -2.04. The first kappa shape index (κ1) is 13.4. The molecule has 0 aromatic heterocycles. The van der Waals surface area contributed by atoms with Gasteiger partial charge < -0.3 is 0 Å². The summed E-state index contributed by atoms with van der Waals surface area (Å²) in [5.41, 5.74) is 0.906. The van der Waals surface area contributed by atoms with Crippen molar-refractivity contribution in [3.05, 3.63) is 82.3 Å². The van der Waals surface area contributed by atoms with E-state index in [9.17, 15) is 9.59 Å². The van der Waals surface area contributed by atoms with Gasteiger partial charge in [0.1, 0.15) is 0 Å². The molecule has 19 heavy (non-hydrogen) atoms. The van der Waals surface area contributed by atoms with Gasteiger partial charge in [-0.3, -0.25) is 9.59 Å². The van der Waals surface area contributed by atoms with E-state index in [1.807, 2.05) is 6.07 Å². The minimum Gasteiger partial charge on any atom is -0.288 e. The monoisotopic (exact) mass is 314 g/mol. The smallest absolute Gasteiger partial charge is 0.196 e. The second-order valence-electron chi connectivity index (χ2n) is 4.01. The van der Waals surface area contributed by atoms with Crippen LogP contribution in [0.3, 0.4) is 0 Å². The minimum absolute atomic E-state index is 0.0199. The normalized spacial score (nSPS) is 9.95. The van der Waals surface area contributed by atoms with Gasteiger partial charge in [-0.05, 0) is 24.3 Å². The maximum atomic E-state index is 12.1. The summed E-state index contributed by atoms with van der Waals surface area (Å²) in [5.74, 6) is -0.685. The zero-order valence-corrected chi connectivity index (χ0v) is 11.7. The Labute approximate surface area is 119 Å². The molecule has 2 aromatic rings. The lowest BCUT2D eigenvalue weighted by molar-refractivity contribution is 0.0963. The van der Waals surface area contributed by atoms with Gasteiger partial charge in [-0.15, -0.1) is 0 Å². The number of carbonyl (C=O) groups is 2. The summed E-state index contributed by atoms with van der Waals surface area (Å²) in [5, 5.41) is 0. The highest BCUT2D eigenvalue weighted by Gasteiger charge is 2.18. The zero-order chi connectivity index (χ0) is 13.8. The fraction of sp³-hybridized carbons (Fsp3) is 0. The third-order valence-corrected chi connectivity index (χ3v) is 3.22. The van der Waals surface area contributed by atoms with Crippen LogP contribution in [0.25, 0.3) is 0 Å². The number of ketones is 2. The maximum absolute atomic E-state index is 12.1. The van der Waals surface area contributed by atoms with Crippen LogP contribution < -0.4 is 0 Å². The van der Waals surface area contributed by atoms with E-state index in [4.69, 9.17) is 0 Å². The molecular weight excluding hydrogens is 304 g/mol. The number of benzene rings is 2. The lowest BCUT2D eigenvalue weighted by atomic mass is 9.97. The summed E-state index contributed by atoms with van der Waals surface area (Å²) >= 11 is 3.30. The Morgan fingerprint density at radius 2 is 1.26 bits per heavy atom. The third-order valence-electron chi connectivity index (χ3n) is 2.69. The number of hydrogen-bond donors (Lipinski definition) is 0. The molecule has 0 unspecified atom stereocenters. The molecule has 0 N–H and O–H groups in total. The molecule has 94 valence electrons. The van der Waals surface area contributed by atoms with E-state index in [1.165, 1.54) is 0 Å². The van der Waals surface area contributed by atoms with E-state index in [-0.39, 0.29) is 17.1 Å². The Bertz CT molecular complexity index is 628. The first-order valence-corrected chi connectivity index (χ1v) is 6.48. The zero-order valence-electron chi connectivity index (χ0n) is 10.1. The molecule has 0 aliphatic rings. The summed E-state index contributed by atoms with van der Waals surface area (Å²) in [6, 6.07) is 15.5. The molecule has 0 amide bonds. The predicted octanol–water partition coefficient (Wildman–Crippen LogP) is 4.07. The number of carbonyl (C=O) groups excluding carboxylic acids is 2. The van der Waals surface area contributed by atoms with Crippen molar-refractivity contribution in [3.63, 3.8) is 0 Å². The van der Waals surface area contributed by atoms with Crippen LogP contribution in [-0.4, -0.2) is 11.6 Å². The molecule has 2 nitrogen and oxygen atoms in total. The van der Waals surface area contributed by atoms with Crippen molar-refractivity contribution in [2.24, 2.45) is 0 Å². The lowest BCUT2D eigenvalue weighted by Crippen LogP contribution is -2.12.